The molecule has 0 spiro atoms. The van der Waals surface area contributed by atoms with Crippen LogP contribution >= 0.6 is 0 Å². The zero-order chi connectivity index (χ0) is 9.19. The van der Waals surface area contributed by atoms with Gasteiger partial charge in [-0.25, -0.2) is 4.98 Å². The van der Waals surface area contributed by atoms with Crippen LogP contribution in [0.2, 0.25) is 0 Å². The maximum atomic E-state index is 11.9. The van der Waals surface area contributed by atoms with Crippen molar-refractivity contribution >= 4 is 0 Å². The van der Waals surface area contributed by atoms with Gasteiger partial charge in [0.1, 0.15) is 6.20 Å². The second-order valence-corrected chi connectivity index (χ2v) is 2.01. The van der Waals surface area contributed by atoms with Crippen LogP contribution < -0.4 is 4.74 Å². The molecule has 1 aromatic rings. The number of aromatic nitrogens is 1. The van der Waals surface area contributed by atoms with Gasteiger partial charge in [-0.15, -0.1) is 0 Å². The topological polar surface area (TPSA) is 22.1 Å². The fourth-order valence-electron chi connectivity index (χ4n) is 0.616. The summed E-state index contributed by atoms with van der Waals surface area (Å²) in [6, 6.07) is 2.01. The lowest BCUT2D eigenvalue weighted by molar-refractivity contribution is -0.138. The molecule has 0 unspecified atom stereocenters. The first-order valence-corrected chi connectivity index (χ1v) is 3.04. The first kappa shape index (κ1) is 8.83. The Hall–Kier alpha value is -1.26. The summed E-state index contributed by atoms with van der Waals surface area (Å²) in [6.07, 6.45) is -2.56. The molecule has 0 atom stereocenters. The molecule has 65 valence electrons. The van der Waals surface area contributed by atoms with Gasteiger partial charge in [-0.05, 0) is 6.07 Å². The van der Waals surface area contributed by atoms with Crippen molar-refractivity contribution in [1.29, 1.82) is 0 Å². The van der Waals surface area contributed by atoms with Crippen molar-refractivity contribution in [2.24, 2.45) is 0 Å². The molecule has 1 rings (SSSR count). The van der Waals surface area contributed by atoms with E-state index in [0.29, 0.717) is 0 Å². The van der Waals surface area contributed by atoms with Crippen molar-refractivity contribution in [3.63, 3.8) is 0 Å². The number of hydrogen-bond donors (Lipinski definition) is 0. The smallest absolute Gasteiger partial charge is 0.418 e. The Labute approximate surface area is 67.0 Å². The molecular formula is C7H5F3NO. The first-order chi connectivity index (χ1) is 5.54. The van der Waals surface area contributed by atoms with Crippen molar-refractivity contribution in [2.75, 3.05) is 7.11 Å². The van der Waals surface area contributed by atoms with Crippen LogP contribution in [0.25, 0.3) is 0 Å². The highest BCUT2D eigenvalue weighted by Gasteiger charge is 2.31. The minimum absolute atomic E-state index is 0.114. The van der Waals surface area contributed by atoms with Gasteiger partial charge >= 0.3 is 6.18 Å². The number of rotatable bonds is 1. The molecule has 0 bridgehead atoms. The van der Waals surface area contributed by atoms with Crippen LogP contribution in [0.4, 0.5) is 13.2 Å². The predicted molar refractivity (Wildman–Crippen MR) is 34.6 cm³/mol. The Morgan fingerprint density at radius 3 is 2.42 bits per heavy atom. The first-order valence-electron chi connectivity index (χ1n) is 3.04. The lowest BCUT2D eigenvalue weighted by atomic mass is 10.3. The number of hydrogen-bond acceptors (Lipinski definition) is 2. The Morgan fingerprint density at radius 2 is 2.08 bits per heavy atom. The molecule has 0 fully saturated rings. The maximum Gasteiger partial charge on any atom is 0.418 e. The average molecular weight is 176 g/mol. The second kappa shape index (κ2) is 3.00. The number of alkyl halides is 3. The zero-order valence-corrected chi connectivity index (χ0v) is 6.14. The standard InChI is InChI=1S/C7H5F3NO/c1-12-6-3-2-5(4-11-6)7(8,9)10/h2-3H,1H3. The molecule has 0 aliphatic heterocycles. The number of ether oxygens (including phenoxy) is 1. The summed E-state index contributed by atoms with van der Waals surface area (Å²) in [5, 5.41) is 0. The molecule has 1 heterocycles. The molecule has 0 N–H and O–H groups in total. The van der Waals surface area contributed by atoms with Crippen LogP contribution in [-0.4, -0.2) is 12.1 Å². The van der Waals surface area contributed by atoms with Gasteiger partial charge < -0.3 is 4.74 Å². The Bertz CT molecular complexity index is 254. The molecule has 1 radical (unpaired) electrons. The van der Waals surface area contributed by atoms with E-state index in [1.807, 2.05) is 6.20 Å². The summed E-state index contributed by atoms with van der Waals surface area (Å²) in [4.78, 5) is 3.30. The maximum absolute atomic E-state index is 11.9. The van der Waals surface area contributed by atoms with E-state index in [-0.39, 0.29) is 5.88 Å². The molecule has 0 aromatic carbocycles. The van der Waals surface area contributed by atoms with E-state index in [9.17, 15) is 13.2 Å². The Kier molecular flexibility index (Phi) is 2.21. The van der Waals surface area contributed by atoms with Crippen molar-refractivity contribution in [3.8, 4) is 5.88 Å². The summed E-state index contributed by atoms with van der Waals surface area (Å²) < 4.78 is 40.3. The van der Waals surface area contributed by atoms with Crippen LogP contribution in [0.1, 0.15) is 5.56 Å². The van der Waals surface area contributed by atoms with Crippen molar-refractivity contribution < 1.29 is 17.9 Å². The lowest BCUT2D eigenvalue weighted by Gasteiger charge is -2.04. The molecule has 0 amide bonds. The monoisotopic (exact) mass is 176 g/mol. The summed E-state index contributed by atoms with van der Waals surface area (Å²) in [7, 11) is 1.32. The largest absolute Gasteiger partial charge is 0.481 e. The number of halogens is 3. The molecule has 1 aromatic heterocycles. The van der Waals surface area contributed by atoms with Crippen molar-refractivity contribution in [1.82, 2.24) is 4.98 Å². The summed E-state index contributed by atoms with van der Waals surface area (Å²) in [5.41, 5.74) is -0.900. The predicted octanol–water partition coefficient (Wildman–Crippen LogP) is 1.91. The molecule has 0 aliphatic rings. The SMILES string of the molecule is COc1ccc(C(F)(F)F)[c]n1. The van der Waals surface area contributed by atoms with Crippen LogP contribution in [0, 0.1) is 6.20 Å². The molecule has 0 saturated carbocycles. The highest BCUT2D eigenvalue weighted by Crippen LogP contribution is 2.28. The fourth-order valence-corrected chi connectivity index (χ4v) is 0.616. The third kappa shape index (κ3) is 1.87. The lowest BCUT2D eigenvalue weighted by Crippen LogP contribution is -2.05. The minimum atomic E-state index is -4.39. The van der Waals surface area contributed by atoms with Gasteiger partial charge in [0.25, 0.3) is 0 Å². The van der Waals surface area contributed by atoms with Crippen molar-refractivity contribution in [2.45, 2.75) is 6.18 Å². The Morgan fingerprint density at radius 1 is 1.42 bits per heavy atom. The van der Waals surface area contributed by atoms with Crippen LogP contribution in [0.15, 0.2) is 12.1 Å². The third-order valence-corrected chi connectivity index (χ3v) is 1.19. The van der Waals surface area contributed by atoms with Gasteiger partial charge in [-0.3, -0.25) is 0 Å². The van der Waals surface area contributed by atoms with Gasteiger partial charge in [0.05, 0.1) is 12.7 Å². The van der Waals surface area contributed by atoms with Gasteiger partial charge in [0.2, 0.25) is 5.88 Å². The normalized spacial score (nSPS) is 11.3. The number of pyridine rings is 1. The molecular weight excluding hydrogens is 171 g/mol. The van der Waals surface area contributed by atoms with E-state index in [2.05, 4.69) is 9.72 Å². The van der Waals surface area contributed by atoms with E-state index < -0.39 is 11.7 Å². The highest BCUT2D eigenvalue weighted by molar-refractivity contribution is 5.18. The van der Waals surface area contributed by atoms with Gasteiger partial charge in [0, 0.05) is 6.07 Å². The molecule has 12 heavy (non-hydrogen) atoms. The third-order valence-electron chi connectivity index (χ3n) is 1.19. The highest BCUT2D eigenvalue weighted by atomic mass is 19.4. The van der Waals surface area contributed by atoms with E-state index in [1.165, 1.54) is 7.11 Å². The minimum Gasteiger partial charge on any atom is -0.481 e. The van der Waals surface area contributed by atoms with Gasteiger partial charge in [0.15, 0.2) is 0 Å². The van der Waals surface area contributed by atoms with Gasteiger partial charge in [-0.1, -0.05) is 0 Å². The molecule has 2 nitrogen and oxygen atoms in total. The van der Waals surface area contributed by atoms with E-state index in [1.54, 1.807) is 0 Å². The van der Waals surface area contributed by atoms with Crippen molar-refractivity contribution in [3.05, 3.63) is 23.9 Å². The number of methoxy groups -OCH3 is 1. The quantitative estimate of drug-likeness (QED) is 0.652. The second-order valence-electron chi connectivity index (χ2n) is 2.01. The van der Waals surface area contributed by atoms with E-state index in [0.717, 1.165) is 12.1 Å². The summed E-state index contributed by atoms with van der Waals surface area (Å²) >= 11 is 0. The van der Waals surface area contributed by atoms with E-state index in [4.69, 9.17) is 0 Å². The molecule has 0 saturated heterocycles. The van der Waals surface area contributed by atoms with Gasteiger partial charge in [-0.2, -0.15) is 13.2 Å². The average Bonchev–Trinajstić information content (AvgIpc) is 2.03. The zero-order valence-electron chi connectivity index (χ0n) is 6.14. The van der Waals surface area contributed by atoms with E-state index >= 15 is 0 Å². The number of nitrogens with zero attached hydrogens (tertiary/aromatic N) is 1. The van der Waals surface area contributed by atoms with Crippen LogP contribution in [0.5, 0.6) is 5.88 Å². The molecule has 0 aliphatic carbocycles. The summed E-state index contributed by atoms with van der Waals surface area (Å²) in [5.74, 6) is 0.114. The molecule has 5 heteroatoms. The summed E-state index contributed by atoms with van der Waals surface area (Å²) in [6.45, 7) is 0. The Balaban J connectivity index is 2.93. The fraction of sp³-hybridized carbons (Fsp3) is 0.286. The van der Waals surface area contributed by atoms with Crippen LogP contribution in [-0.2, 0) is 6.18 Å². The van der Waals surface area contributed by atoms with Crippen LogP contribution in [0.3, 0.4) is 0 Å².